The molecule has 1 atom stereocenters. The van der Waals surface area contributed by atoms with Crippen LogP contribution in [0.2, 0.25) is 0 Å². The van der Waals surface area contributed by atoms with Gasteiger partial charge < -0.3 is 15.6 Å². The molecule has 0 spiro atoms. The largest absolute Gasteiger partial charge is 0.382 e. The summed E-state index contributed by atoms with van der Waals surface area (Å²) in [6.07, 6.45) is 6.13. The van der Waals surface area contributed by atoms with Gasteiger partial charge in [-0.15, -0.1) is 6.58 Å². The number of nitrogens with one attached hydrogen (secondary N) is 1. The molecule has 0 saturated heterocycles. The molecule has 3 N–H and O–H groups in total. The Labute approximate surface area is 171 Å². The number of anilines is 2. The van der Waals surface area contributed by atoms with Crippen LogP contribution in [0.3, 0.4) is 0 Å². The van der Waals surface area contributed by atoms with Crippen LogP contribution in [-0.2, 0) is 7.05 Å². The number of aromatic nitrogens is 5. The number of halogens is 1. The summed E-state index contributed by atoms with van der Waals surface area (Å²) in [5.41, 5.74) is 8.19. The predicted octanol–water partition coefficient (Wildman–Crippen LogP) is 3.36. The number of imidazole rings is 1. The van der Waals surface area contributed by atoms with E-state index in [-0.39, 0.29) is 23.0 Å². The number of nitriles is 1. The number of benzene rings is 1. The third-order valence-corrected chi connectivity index (χ3v) is 4.76. The third kappa shape index (κ3) is 3.10. The molecule has 9 heteroatoms. The van der Waals surface area contributed by atoms with Crippen molar-refractivity contribution in [1.29, 1.82) is 5.26 Å². The van der Waals surface area contributed by atoms with E-state index in [1.165, 1.54) is 12.4 Å². The molecule has 0 amide bonds. The van der Waals surface area contributed by atoms with Crippen LogP contribution < -0.4 is 11.1 Å². The van der Waals surface area contributed by atoms with Gasteiger partial charge in [-0.05, 0) is 18.2 Å². The van der Waals surface area contributed by atoms with Gasteiger partial charge in [0.05, 0.1) is 11.0 Å². The van der Waals surface area contributed by atoms with Gasteiger partial charge in [-0.1, -0.05) is 12.1 Å². The molecule has 0 radical (unpaired) electrons. The number of nitrogens with two attached hydrogens (primary N) is 1. The zero-order valence-corrected chi connectivity index (χ0v) is 16.0. The van der Waals surface area contributed by atoms with Crippen LogP contribution in [-0.4, -0.2) is 24.5 Å². The quantitative estimate of drug-likeness (QED) is 0.493. The zero-order valence-electron chi connectivity index (χ0n) is 16.0. The van der Waals surface area contributed by atoms with Gasteiger partial charge in [0.15, 0.2) is 0 Å². The summed E-state index contributed by atoms with van der Waals surface area (Å²) in [7, 11) is 1.79. The van der Waals surface area contributed by atoms with E-state index in [9.17, 15) is 9.65 Å². The van der Waals surface area contributed by atoms with Crippen molar-refractivity contribution in [2.45, 2.75) is 6.04 Å². The first-order chi connectivity index (χ1) is 14.5. The van der Waals surface area contributed by atoms with Crippen molar-refractivity contribution >= 4 is 22.7 Å². The first-order valence-corrected chi connectivity index (χ1v) is 9.00. The van der Waals surface area contributed by atoms with Crippen molar-refractivity contribution < 1.29 is 4.39 Å². The van der Waals surface area contributed by atoms with Crippen molar-refractivity contribution in [2.24, 2.45) is 7.05 Å². The summed E-state index contributed by atoms with van der Waals surface area (Å²) in [6, 6.07) is 8.03. The molecule has 30 heavy (non-hydrogen) atoms. The van der Waals surface area contributed by atoms with Gasteiger partial charge in [0.25, 0.3) is 0 Å². The van der Waals surface area contributed by atoms with E-state index in [0.717, 1.165) is 0 Å². The molecule has 1 aromatic carbocycles. The second-order valence-corrected chi connectivity index (χ2v) is 6.51. The predicted molar refractivity (Wildman–Crippen MR) is 112 cm³/mol. The molecular weight excluding hydrogens is 383 g/mol. The standard InChI is InChI=1S/C21H17FN8/c1-3-15(28-20-13(9-23)19(24)26-11-27-20)21-29-16-7-6-14(22)17(18(16)30(21)2)12-5-4-8-25-10-12/h3-8,10-11,15H,1H2,2H3,(H3,24,26,27,28). The van der Waals surface area contributed by atoms with Crippen LogP contribution in [0, 0.1) is 17.1 Å². The number of nitrogen functional groups attached to an aromatic ring is 1. The van der Waals surface area contributed by atoms with Crippen LogP contribution >= 0.6 is 0 Å². The van der Waals surface area contributed by atoms with E-state index in [1.807, 2.05) is 6.07 Å². The topological polar surface area (TPSA) is 118 Å². The van der Waals surface area contributed by atoms with Gasteiger partial charge in [0.1, 0.15) is 47.3 Å². The highest BCUT2D eigenvalue weighted by atomic mass is 19.1. The van der Waals surface area contributed by atoms with Crippen LogP contribution in [0.4, 0.5) is 16.0 Å². The van der Waals surface area contributed by atoms with Crippen LogP contribution in [0.1, 0.15) is 17.4 Å². The molecule has 148 valence electrons. The Morgan fingerprint density at radius 1 is 1.33 bits per heavy atom. The molecule has 0 fully saturated rings. The van der Waals surface area contributed by atoms with Crippen LogP contribution in [0.25, 0.3) is 22.2 Å². The van der Waals surface area contributed by atoms with E-state index < -0.39 is 6.04 Å². The molecule has 1 unspecified atom stereocenters. The van der Waals surface area contributed by atoms with Gasteiger partial charge in [-0.25, -0.2) is 19.3 Å². The maximum Gasteiger partial charge on any atom is 0.150 e. The first kappa shape index (κ1) is 19.0. The molecule has 0 saturated carbocycles. The molecule has 3 aromatic heterocycles. The number of pyridine rings is 1. The minimum atomic E-state index is -0.520. The Hall–Kier alpha value is -4.32. The van der Waals surface area contributed by atoms with Crippen molar-refractivity contribution in [3.8, 4) is 17.2 Å². The molecule has 0 aliphatic heterocycles. The summed E-state index contributed by atoms with van der Waals surface area (Å²) in [5.74, 6) is 0.532. The summed E-state index contributed by atoms with van der Waals surface area (Å²) < 4.78 is 16.6. The fourth-order valence-electron chi connectivity index (χ4n) is 3.36. The Kier molecular flexibility index (Phi) is 4.82. The van der Waals surface area contributed by atoms with E-state index in [2.05, 4.69) is 31.8 Å². The first-order valence-electron chi connectivity index (χ1n) is 9.00. The smallest absolute Gasteiger partial charge is 0.150 e. The number of hydrogen-bond acceptors (Lipinski definition) is 7. The van der Waals surface area contributed by atoms with Crippen molar-refractivity contribution in [3.05, 3.63) is 72.8 Å². The third-order valence-electron chi connectivity index (χ3n) is 4.76. The number of fused-ring (bicyclic) bond motifs is 1. The summed E-state index contributed by atoms with van der Waals surface area (Å²) >= 11 is 0. The van der Waals surface area contributed by atoms with Gasteiger partial charge >= 0.3 is 0 Å². The average molecular weight is 400 g/mol. The fraction of sp³-hybridized carbons (Fsp3) is 0.0952. The highest BCUT2D eigenvalue weighted by molar-refractivity contribution is 5.93. The lowest BCUT2D eigenvalue weighted by molar-refractivity contribution is 0.632. The normalized spacial score (nSPS) is 11.8. The second-order valence-electron chi connectivity index (χ2n) is 6.51. The van der Waals surface area contributed by atoms with E-state index in [0.29, 0.717) is 28.0 Å². The molecule has 4 rings (SSSR count). The molecular formula is C21H17FN8. The van der Waals surface area contributed by atoms with Gasteiger partial charge in [0.2, 0.25) is 0 Å². The highest BCUT2D eigenvalue weighted by Gasteiger charge is 2.22. The van der Waals surface area contributed by atoms with Gasteiger partial charge in [-0.3, -0.25) is 4.98 Å². The van der Waals surface area contributed by atoms with Gasteiger partial charge in [-0.2, -0.15) is 5.26 Å². The van der Waals surface area contributed by atoms with Crippen LogP contribution in [0.5, 0.6) is 0 Å². The average Bonchev–Trinajstić information content (AvgIpc) is 3.09. The lowest BCUT2D eigenvalue weighted by Gasteiger charge is -2.16. The minimum Gasteiger partial charge on any atom is -0.382 e. The summed E-state index contributed by atoms with van der Waals surface area (Å²) in [5, 5.41) is 12.5. The Bertz CT molecular complexity index is 1290. The summed E-state index contributed by atoms with van der Waals surface area (Å²) in [4.78, 5) is 16.7. The maximum atomic E-state index is 14.8. The molecule has 0 aliphatic carbocycles. The lowest BCUT2D eigenvalue weighted by atomic mass is 10.1. The monoisotopic (exact) mass is 400 g/mol. The number of aryl methyl sites for hydroxylation is 1. The fourth-order valence-corrected chi connectivity index (χ4v) is 3.36. The van der Waals surface area contributed by atoms with E-state index in [1.54, 1.807) is 48.3 Å². The van der Waals surface area contributed by atoms with Gasteiger partial charge in [0, 0.05) is 30.6 Å². The van der Waals surface area contributed by atoms with Crippen molar-refractivity contribution in [3.63, 3.8) is 0 Å². The minimum absolute atomic E-state index is 0.0729. The van der Waals surface area contributed by atoms with E-state index in [4.69, 9.17) is 5.73 Å². The molecule has 3 heterocycles. The molecule has 0 bridgehead atoms. The Morgan fingerprint density at radius 3 is 2.87 bits per heavy atom. The highest BCUT2D eigenvalue weighted by Crippen LogP contribution is 2.33. The van der Waals surface area contributed by atoms with E-state index >= 15 is 0 Å². The number of rotatable bonds is 5. The van der Waals surface area contributed by atoms with Crippen LogP contribution in [0.15, 0.2) is 55.6 Å². The maximum absolute atomic E-state index is 14.8. The number of hydrogen-bond donors (Lipinski definition) is 2. The van der Waals surface area contributed by atoms with Crippen molar-refractivity contribution in [2.75, 3.05) is 11.1 Å². The molecule has 4 aromatic rings. The Morgan fingerprint density at radius 2 is 2.17 bits per heavy atom. The van der Waals surface area contributed by atoms with Crippen molar-refractivity contribution in [1.82, 2.24) is 24.5 Å². The summed E-state index contributed by atoms with van der Waals surface area (Å²) in [6.45, 7) is 3.86. The second kappa shape index (κ2) is 7.60. The molecule has 8 nitrogen and oxygen atoms in total. The zero-order chi connectivity index (χ0) is 21.3. The Balaban J connectivity index is 1.86. The SMILES string of the molecule is C=CC(Nc1ncnc(N)c1C#N)c1nc2ccc(F)c(-c3cccnc3)c2n1C. The number of nitrogens with zero attached hydrogens (tertiary/aromatic N) is 6. The lowest BCUT2D eigenvalue weighted by Crippen LogP contribution is -2.15. The molecule has 0 aliphatic rings.